The molecule has 1 aromatic rings. The smallest absolute Gasteiger partial charge is 0.331 e. The van der Waals surface area contributed by atoms with Gasteiger partial charge in [-0.3, -0.25) is 4.79 Å². The van der Waals surface area contributed by atoms with Gasteiger partial charge in [-0.25, -0.2) is 9.78 Å². The first-order valence-electron chi connectivity index (χ1n) is 10.4. The monoisotopic (exact) mass is 510 g/mol. The summed E-state index contributed by atoms with van der Waals surface area (Å²) in [6, 6.07) is -0.297. The molecule has 1 aliphatic heterocycles. The summed E-state index contributed by atoms with van der Waals surface area (Å²) in [6.45, 7) is 7.72. The predicted molar refractivity (Wildman–Crippen MR) is 127 cm³/mol. The van der Waals surface area contributed by atoms with Crippen LogP contribution in [0.25, 0.3) is 0 Å². The van der Waals surface area contributed by atoms with Crippen LogP contribution in [0.5, 0.6) is 0 Å². The van der Waals surface area contributed by atoms with Crippen molar-refractivity contribution in [3.8, 4) is 0 Å². The molecule has 0 fully saturated rings. The summed E-state index contributed by atoms with van der Waals surface area (Å²) in [7, 11) is 0. The summed E-state index contributed by atoms with van der Waals surface area (Å²) in [6.07, 6.45) is 7.91. The maximum absolute atomic E-state index is 12.3. The maximum Gasteiger partial charge on any atom is 0.331 e. The van der Waals surface area contributed by atoms with Crippen molar-refractivity contribution in [2.45, 2.75) is 77.5 Å². The SMILES string of the molecule is CC1=C/C=C\C(=O)O[C@H](/C=C(\C)Br)Cc2nc(cs2)[C@@H](C)C[C@@H](N)CC(=O)O[C@H](C)C1. The van der Waals surface area contributed by atoms with Crippen molar-refractivity contribution in [2.75, 3.05) is 0 Å². The van der Waals surface area contributed by atoms with E-state index in [2.05, 4.69) is 15.9 Å². The molecule has 0 unspecified atom stereocenters. The highest BCUT2D eigenvalue weighted by Crippen LogP contribution is 2.25. The van der Waals surface area contributed by atoms with E-state index in [0.717, 1.165) is 20.8 Å². The molecular weight excluding hydrogens is 480 g/mol. The van der Waals surface area contributed by atoms with Gasteiger partial charge in [0.1, 0.15) is 12.2 Å². The molecule has 2 bridgehead atoms. The average molecular weight is 511 g/mol. The van der Waals surface area contributed by atoms with Crippen molar-refractivity contribution in [1.29, 1.82) is 0 Å². The number of thiazole rings is 1. The number of hydrogen-bond donors (Lipinski definition) is 1. The van der Waals surface area contributed by atoms with Crippen LogP contribution < -0.4 is 5.73 Å². The minimum Gasteiger partial charge on any atom is -0.462 e. The van der Waals surface area contributed by atoms with Crippen LogP contribution >= 0.6 is 27.3 Å². The van der Waals surface area contributed by atoms with Gasteiger partial charge in [-0.1, -0.05) is 40.6 Å². The van der Waals surface area contributed by atoms with Gasteiger partial charge in [0.25, 0.3) is 0 Å². The number of halogens is 1. The summed E-state index contributed by atoms with van der Waals surface area (Å²) in [5, 5.41) is 2.88. The molecule has 2 N–H and O–H groups in total. The van der Waals surface area contributed by atoms with E-state index < -0.39 is 12.1 Å². The minimum atomic E-state index is -0.425. The average Bonchev–Trinajstić information content (AvgIpc) is 3.08. The summed E-state index contributed by atoms with van der Waals surface area (Å²) < 4.78 is 12.0. The number of allylic oxidation sites excluding steroid dienone is 3. The standard InChI is InChI=1S/C23H31BrN2O4S/c1-14-6-5-7-22(27)30-19(10-16(3)24)12-21-26-20(13-31-21)15(2)9-18(25)11-23(28)29-17(4)8-14/h5-7,10,13,15,17-19H,8-9,11-12,25H2,1-4H3/b7-5-,14-6?,16-10+/t15-,17+,18+,19+/m0/s1. The topological polar surface area (TPSA) is 91.5 Å². The zero-order chi connectivity index (χ0) is 23.0. The lowest BCUT2D eigenvalue weighted by Gasteiger charge is -2.18. The van der Waals surface area contributed by atoms with Gasteiger partial charge in [0, 0.05) is 36.3 Å². The highest BCUT2D eigenvalue weighted by molar-refractivity contribution is 9.11. The zero-order valence-electron chi connectivity index (χ0n) is 18.5. The normalized spacial score (nSPS) is 28.5. The van der Waals surface area contributed by atoms with Crippen LogP contribution in [0.1, 0.15) is 63.6 Å². The van der Waals surface area contributed by atoms with Crippen molar-refractivity contribution < 1.29 is 19.1 Å². The molecular formula is C23H31BrN2O4S. The summed E-state index contributed by atoms with van der Waals surface area (Å²) in [4.78, 5) is 29.2. The van der Waals surface area contributed by atoms with Crippen molar-refractivity contribution in [2.24, 2.45) is 5.73 Å². The molecule has 0 amide bonds. The predicted octanol–water partition coefficient (Wildman–Crippen LogP) is 4.95. The number of ether oxygens (including phenoxy) is 2. The molecule has 1 aromatic heterocycles. The van der Waals surface area contributed by atoms with E-state index in [1.807, 2.05) is 45.2 Å². The molecule has 0 aliphatic carbocycles. The molecule has 2 heterocycles. The molecule has 170 valence electrons. The maximum atomic E-state index is 12.3. The van der Waals surface area contributed by atoms with Crippen molar-refractivity contribution in [1.82, 2.24) is 4.98 Å². The molecule has 1 aliphatic rings. The van der Waals surface area contributed by atoms with E-state index in [0.29, 0.717) is 19.3 Å². The Morgan fingerprint density at radius 3 is 2.71 bits per heavy atom. The van der Waals surface area contributed by atoms with E-state index in [1.165, 1.54) is 17.4 Å². The molecule has 6 nitrogen and oxygen atoms in total. The number of nitrogens with zero attached hydrogens (tertiary/aromatic N) is 1. The van der Waals surface area contributed by atoms with Crippen molar-refractivity contribution in [3.63, 3.8) is 0 Å². The molecule has 0 spiro atoms. The van der Waals surface area contributed by atoms with E-state index in [1.54, 1.807) is 6.08 Å². The zero-order valence-corrected chi connectivity index (χ0v) is 20.9. The quantitative estimate of drug-likeness (QED) is 0.537. The Morgan fingerprint density at radius 1 is 1.26 bits per heavy atom. The van der Waals surface area contributed by atoms with Crippen LogP contribution in [0, 0.1) is 0 Å². The molecule has 0 saturated heterocycles. The number of cyclic esters (lactones) is 2. The Bertz CT molecular complexity index is 858. The number of esters is 2. The van der Waals surface area contributed by atoms with E-state index in [9.17, 15) is 9.59 Å². The highest BCUT2D eigenvalue weighted by atomic mass is 79.9. The van der Waals surface area contributed by atoms with Gasteiger partial charge >= 0.3 is 11.9 Å². The Hall–Kier alpha value is -1.77. The minimum absolute atomic E-state index is 0.106. The number of aromatic nitrogens is 1. The lowest BCUT2D eigenvalue weighted by molar-refractivity contribution is -0.148. The summed E-state index contributed by atoms with van der Waals surface area (Å²) in [5.41, 5.74) is 8.13. The fourth-order valence-electron chi connectivity index (χ4n) is 3.40. The second-order valence-electron chi connectivity index (χ2n) is 8.08. The molecule has 4 atom stereocenters. The van der Waals surface area contributed by atoms with E-state index in [-0.39, 0.29) is 30.5 Å². The van der Waals surface area contributed by atoms with Crippen LogP contribution in [0.3, 0.4) is 0 Å². The number of rotatable bonds is 1. The van der Waals surface area contributed by atoms with Crippen LogP contribution in [0.15, 0.2) is 39.7 Å². The number of fused-ring (bicyclic) bond motifs is 2. The molecule has 31 heavy (non-hydrogen) atoms. The Balaban J connectivity index is 2.26. The van der Waals surface area contributed by atoms with Gasteiger partial charge in [-0.05, 0) is 37.8 Å². The first kappa shape index (κ1) is 25.5. The third-order valence-electron chi connectivity index (χ3n) is 4.77. The van der Waals surface area contributed by atoms with Crippen molar-refractivity contribution >= 4 is 39.2 Å². The van der Waals surface area contributed by atoms with Gasteiger partial charge in [0.15, 0.2) is 0 Å². The van der Waals surface area contributed by atoms with E-state index >= 15 is 0 Å². The third kappa shape index (κ3) is 9.49. The molecule has 8 heteroatoms. The summed E-state index contributed by atoms with van der Waals surface area (Å²) >= 11 is 4.95. The van der Waals surface area contributed by atoms with Crippen LogP contribution in [-0.4, -0.2) is 35.2 Å². The lowest BCUT2D eigenvalue weighted by atomic mass is 9.98. The van der Waals surface area contributed by atoms with Gasteiger partial charge in [0.05, 0.1) is 17.1 Å². The first-order valence-corrected chi connectivity index (χ1v) is 12.1. The Kier molecular flexibility index (Phi) is 10.1. The number of carbonyl (C=O) groups excluding carboxylic acids is 2. The molecule has 0 saturated carbocycles. The third-order valence-corrected chi connectivity index (χ3v) is 5.93. The molecule has 0 aromatic carbocycles. The first-order chi connectivity index (χ1) is 14.6. The van der Waals surface area contributed by atoms with Gasteiger partial charge in [-0.15, -0.1) is 11.3 Å². The number of carbonyl (C=O) groups is 2. The Morgan fingerprint density at radius 2 is 2.00 bits per heavy atom. The largest absolute Gasteiger partial charge is 0.462 e. The van der Waals surface area contributed by atoms with Crippen LogP contribution in [-0.2, 0) is 25.5 Å². The fraction of sp³-hybridized carbons (Fsp3) is 0.522. The molecule has 2 rings (SSSR count). The van der Waals surface area contributed by atoms with Gasteiger partial charge in [0.2, 0.25) is 0 Å². The van der Waals surface area contributed by atoms with Crippen molar-refractivity contribution in [3.05, 3.63) is 50.4 Å². The second-order valence-corrected chi connectivity index (χ2v) is 10.3. The van der Waals surface area contributed by atoms with Gasteiger partial charge in [-0.2, -0.15) is 0 Å². The van der Waals surface area contributed by atoms with E-state index in [4.69, 9.17) is 20.2 Å². The lowest BCUT2D eigenvalue weighted by Crippen LogP contribution is -2.28. The second kappa shape index (κ2) is 12.3. The van der Waals surface area contributed by atoms with Crippen LogP contribution in [0.4, 0.5) is 0 Å². The number of hydrogen-bond acceptors (Lipinski definition) is 7. The highest BCUT2D eigenvalue weighted by Gasteiger charge is 2.20. The van der Waals surface area contributed by atoms with Crippen LogP contribution in [0.2, 0.25) is 0 Å². The summed E-state index contributed by atoms with van der Waals surface area (Å²) in [5.74, 6) is -0.613. The Labute approximate surface area is 196 Å². The van der Waals surface area contributed by atoms with Gasteiger partial charge < -0.3 is 15.2 Å². The number of nitrogens with two attached hydrogens (primary N) is 1. The fourth-order valence-corrected chi connectivity index (χ4v) is 4.65. The molecule has 0 radical (unpaired) electrons.